The Hall–Kier alpha value is -2.95. The summed E-state index contributed by atoms with van der Waals surface area (Å²) in [5.74, 6) is -0.507. The second-order valence-corrected chi connectivity index (χ2v) is 9.13. The summed E-state index contributed by atoms with van der Waals surface area (Å²) in [4.78, 5) is 31.0. The summed E-state index contributed by atoms with van der Waals surface area (Å²) in [6, 6.07) is 14.7. The molecule has 30 heavy (non-hydrogen) atoms. The van der Waals surface area contributed by atoms with Gasteiger partial charge < -0.3 is 5.32 Å². The molecule has 0 bridgehead atoms. The first-order valence-corrected chi connectivity index (χ1v) is 11.4. The van der Waals surface area contributed by atoms with Gasteiger partial charge in [0.25, 0.3) is 0 Å². The van der Waals surface area contributed by atoms with Crippen LogP contribution in [0, 0.1) is 0 Å². The fourth-order valence-corrected chi connectivity index (χ4v) is 4.43. The van der Waals surface area contributed by atoms with E-state index in [-0.39, 0.29) is 29.7 Å². The van der Waals surface area contributed by atoms with Gasteiger partial charge in [0.15, 0.2) is 5.17 Å². The van der Waals surface area contributed by atoms with E-state index in [0.717, 1.165) is 0 Å². The number of nitrogens with one attached hydrogen (secondary N) is 1. The number of anilines is 1. The van der Waals surface area contributed by atoms with Crippen molar-refractivity contribution in [3.05, 3.63) is 67.3 Å². The maximum absolute atomic E-state index is 12.8. The topological polar surface area (TPSA) is 122 Å². The Morgan fingerprint density at radius 3 is 2.47 bits per heavy atom. The summed E-state index contributed by atoms with van der Waals surface area (Å²) in [6.45, 7) is 3.91. The monoisotopic (exact) mass is 444 g/mol. The summed E-state index contributed by atoms with van der Waals surface area (Å²) < 4.78 is 22.8. The molecule has 1 atom stereocenters. The number of hydrogen-bond donors (Lipinski definition) is 2. The zero-order chi connectivity index (χ0) is 21.7. The van der Waals surface area contributed by atoms with Gasteiger partial charge in [-0.25, -0.2) is 18.5 Å². The molecule has 1 aliphatic heterocycles. The van der Waals surface area contributed by atoms with Gasteiger partial charge >= 0.3 is 0 Å². The van der Waals surface area contributed by atoms with E-state index < -0.39 is 15.3 Å². The van der Waals surface area contributed by atoms with Crippen LogP contribution in [0.5, 0.6) is 0 Å². The Balaban J connectivity index is 1.76. The molecule has 1 fully saturated rings. The Labute approximate surface area is 178 Å². The Bertz CT molecular complexity index is 1080. The molecule has 0 aromatic heterocycles. The third-order valence-corrected chi connectivity index (χ3v) is 6.25. The van der Waals surface area contributed by atoms with Crippen LogP contribution in [0.2, 0.25) is 0 Å². The number of rotatable bonds is 7. The van der Waals surface area contributed by atoms with Gasteiger partial charge in [0.2, 0.25) is 21.8 Å². The quantitative estimate of drug-likeness (QED) is 0.636. The molecule has 0 radical (unpaired) electrons. The van der Waals surface area contributed by atoms with Gasteiger partial charge in [0, 0.05) is 18.7 Å². The third kappa shape index (κ3) is 5.35. The molecule has 0 aliphatic carbocycles. The number of nitrogens with two attached hydrogens (primary N) is 1. The number of amides is 2. The van der Waals surface area contributed by atoms with Crippen LogP contribution in [0.1, 0.15) is 6.42 Å². The molecule has 1 heterocycles. The molecule has 0 spiro atoms. The lowest BCUT2D eigenvalue weighted by Crippen LogP contribution is -2.33. The van der Waals surface area contributed by atoms with Gasteiger partial charge in [-0.05, 0) is 36.4 Å². The van der Waals surface area contributed by atoms with Gasteiger partial charge in [-0.2, -0.15) is 0 Å². The molecule has 8 nitrogen and oxygen atoms in total. The normalized spacial score (nSPS) is 17.9. The van der Waals surface area contributed by atoms with Crippen molar-refractivity contribution in [2.24, 2.45) is 10.1 Å². The number of aliphatic imine (C=N–C) groups is 1. The molecule has 3 N–H and O–H groups in total. The average Bonchev–Trinajstić information content (AvgIpc) is 2.97. The first kappa shape index (κ1) is 21.8. The van der Waals surface area contributed by atoms with E-state index in [9.17, 15) is 18.0 Å². The van der Waals surface area contributed by atoms with Crippen LogP contribution in [-0.2, 0) is 19.6 Å². The van der Waals surface area contributed by atoms with Crippen molar-refractivity contribution in [1.82, 2.24) is 4.90 Å². The van der Waals surface area contributed by atoms with E-state index in [0.29, 0.717) is 16.5 Å². The minimum Gasteiger partial charge on any atom is -0.326 e. The maximum atomic E-state index is 12.8. The van der Waals surface area contributed by atoms with Crippen LogP contribution in [0.15, 0.2) is 77.1 Å². The van der Waals surface area contributed by atoms with Crippen molar-refractivity contribution < 1.29 is 18.0 Å². The largest absolute Gasteiger partial charge is 0.326 e. The highest BCUT2D eigenvalue weighted by Crippen LogP contribution is 2.32. The van der Waals surface area contributed by atoms with E-state index in [2.05, 4.69) is 16.9 Å². The summed E-state index contributed by atoms with van der Waals surface area (Å²) in [7, 11) is -3.80. The summed E-state index contributed by atoms with van der Waals surface area (Å²) in [6.07, 6.45) is 1.57. The second kappa shape index (κ2) is 9.24. The molecule has 1 aliphatic rings. The Morgan fingerprint density at radius 2 is 1.87 bits per heavy atom. The molecule has 3 rings (SSSR count). The zero-order valence-electron chi connectivity index (χ0n) is 15.9. The van der Waals surface area contributed by atoms with Gasteiger partial charge in [0.05, 0.1) is 10.6 Å². The number of carbonyl (C=O) groups is 2. The van der Waals surface area contributed by atoms with E-state index in [1.54, 1.807) is 18.2 Å². The number of hydrogen-bond acceptors (Lipinski definition) is 6. The molecule has 156 valence electrons. The van der Waals surface area contributed by atoms with Crippen LogP contribution < -0.4 is 10.5 Å². The standard InChI is InChI=1S/C20H20N4O4S2/c1-2-12-24-19(26)17(13-18(25)22-14-6-4-3-5-7-14)29-20(24)23-15-8-10-16(11-9-15)30(21,27)28/h2-11,17H,1,12-13H2,(H,22,25)(H2,21,27,28)/t17-/m0/s1. The summed E-state index contributed by atoms with van der Waals surface area (Å²) >= 11 is 1.19. The predicted molar refractivity (Wildman–Crippen MR) is 118 cm³/mol. The van der Waals surface area contributed by atoms with Crippen molar-refractivity contribution in [3.63, 3.8) is 0 Å². The van der Waals surface area contributed by atoms with E-state index in [1.165, 1.54) is 40.9 Å². The number of para-hydroxylation sites is 1. The molecule has 0 saturated carbocycles. The van der Waals surface area contributed by atoms with Crippen molar-refractivity contribution in [1.29, 1.82) is 0 Å². The second-order valence-electron chi connectivity index (χ2n) is 6.40. The van der Waals surface area contributed by atoms with Crippen molar-refractivity contribution in [3.8, 4) is 0 Å². The number of primary sulfonamides is 1. The predicted octanol–water partition coefficient (Wildman–Crippen LogP) is 2.48. The molecule has 0 unspecified atom stereocenters. The number of benzene rings is 2. The highest BCUT2D eigenvalue weighted by molar-refractivity contribution is 8.15. The van der Waals surface area contributed by atoms with Gasteiger partial charge in [-0.3, -0.25) is 14.5 Å². The molecular formula is C20H20N4O4S2. The van der Waals surface area contributed by atoms with Crippen LogP contribution in [0.25, 0.3) is 0 Å². The number of sulfonamides is 1. The van der Waals surface area contributed by atoms with E-state index in [4.69, 9.17) is 5.14 Å². The van der Waals surface area contributed by atoms with E-state index >= 15 is 0 Å². The van der Waals surface area contributed by atoms with Gasteiger partial charge in [-0.15, -0.1) is 6.58 Å². The molecule has 10 heteroatoms. The Morgan fingerprint density at radius 1 is 1.20 bits per heavy atom. The SMILES string of the molecule is C=CCN1C(=O)[C@H](CC(=O)Nc2ccccc2)SC1=Nc1ccc(S(N)(=O)=O)cc1. The highest BCUT2D eigenvalue weighted by atomic mass is 32.2. The maximum Gasteiger partial charge on any atom is 0.242 e. The van der Waals surface area contributed by atoms with Gasteiger partial charge in [0.1, 0.15) is 5.25 Å². The lowest BCUT2D eigenvalue weighted by molar-refractivity contribution is -0.127. The molecule has 2 amide bonds. The lowest BCUT2D eigenvalue weighted by Gasteiger charge is -2.13. The van der Waals surface area contributed by atoms with Crippen LogP contribution in [0.4, 0.5) is 11.4 Å². The van der Waals surface area contributed by atoms with Crippen molar-refractivity contribution >= 4 is 50.1 Å². The summed E-state index contributed by atoms with van der Waals surface area (Å²) in [5.41, 5.74) is 1.12. The van der Waals surface area contributed by atoms with E-state index in [1.807, 2.05) is 18.2 Å². The van der Waals surface area contributed by atoms with Crippen LogP contribution >= 0.6 is 11.8 Å². The van der Waals surface area contributed by atoms with Gasteiger partial charge in [-0.1, -0.05) is 36.0 Å². The zero-order valence-corrected chi connectivity index (χ0v) is 17.5. The number of thioether (sulfide) groups is 1. The molecule has 1 saturated heterocycles. The van der Waals surface area contributed by atoms with Crippen molar-refractivity contribution in [2.75, 3.05) is 11.9 Å². The fraction of sp³-hybridized carbons (Fsp3) is 0.150. The first-order valence-electron chi connectivity index (χ1n) is 8.93. The number of carbonyl (C=O) groups excluding carboxylic acids is 2. The van der Waals surface area contributed by atoms with Crippen LogP contribution in [-0.4, -0.2) is 42.1 Å². The third-order valence-electron chi connectivity index (χ3n) is 4.15. The highest BCUT2D eigenvalue weighted by Gasteiger charge is 2.38. The molecule has 2 aromatic rings. The van der Waals surface area contributed by atoms with Crippen molar-refractivity contribution in [2.45, 2.75) is 16.6 Å². The molecule has 2 aromatic carbocycles. The average molecular weight is 445 g/mol. The Kier molecular flexibility index (Phi) is 6.70. The fourth-order valence-electron chi connectivity index (χ4n) is 2.74. The lowest BCUT2D eigenvalue weighted by atomic mass is 10.2. The summed E-state index contributed by atoms with van der Waals surface area (Å²) in [5, 5.41) is 7.67. The van der Waals surface area contributed by atoms with Crippen LogP contribution in [0.3, 0.4) is 0 Å². The smallest absolute Gasteiger partial charge is 0.242 e. The number of nitrogens with zero attached hydrogens (tertiary/aromatic N) is 2. The minimum absolute atomic E-state index is 0.00455. The minimum atomic E-state index is -3.80. The first-order chi connectivity index (χ1) is 14.3. The number of amidine groups is 1. The molecular weight excluding hydrogens is 424 g/mol.